The molecule has 5 heteroatoms. The maximum atomic E-state index is 11.1. The fourth-order valence-corrected chi connectivity index (χ4v) is 2.17. The van der Waals surface area contributed by atoms with E-state index in [1.807, 2.05) is 4.90 Å². The number of carboxylic acid groups (broad SMARTS) is 1. The molecule has 2 atom stereocenters. The molecule has 1 aliphatic carbocycles. The molecule has 1 heterocycles. The molecule has 0 bridgehead atoms. The Bertz CT molecular complexity index is 242. The lowest BCUT2D eigenvalue weighted by molar-refractivity contribution is -0.148. The Morgan fingerprint density at radius 2 is 2.27 bits per heavy atom. The van der Waals surface area contributed by atoms with Gasteiger partial charge >= 0.3 is 5.97 Å². The van der Waals surface area contributed by atoms with Gasteiger partial charge in [-0.3, -0.25) is 9.69 Å². The van der Waals surface area contributed by atoms with Crippen LogP contribution in [0, 0.1) is 5.92 Å². The van der Waals surface area contributed by atoms with Gasteiger partial charge in [-0.25, -0.2) is 0 Å². The molecule has 0 amide bonds. The summed E-state index contributed by atoms with van der Waals surface area (Å²) in [7, 11) is 0. The summed E-state index contributed by atoms with van der Waals surface area (Å²) < 4.78 is 5.30. The monoisotopic (exact) mass is 215 g/mol. The van der Waals surface area contributed by atoms with E-state index >= 15 is 0 Å². The molecule has 0 aromatic rings. The highest BCUT2D eigenvalue weighted by Crippen LogP contribution is 2.36. The van der Waals surface area contributed by atoms with Crippen LogP contribution in [0.15, 0.2) is 0 Å². The van der Waals surface area contributed by atoms with Crippen molar-refractivity contribution in [3.63, 3.8) is 0 Å². The van der Waals surface area contributed by atoms with E-state index in [1.54, 1.807) is 0 Å². The fourth-order valence-electron chi connectivity index (χ4n) is 2.17. The Labute approximate surface area is 88.6 Å². The topological polar surface area (TPSA) is 70.0 Å². The third-order valence-corrected chi connectivity index (χ3v) is 3.09. The summed E-state index contributed by atoms with van der Waals surface area (Å²) in [4.78, 5) is 13.1. The molecule has 2 aliphatic rings. The Balaban J connectivity index is 1.97. The maximum Gasteiger partial charge on any atom is 0.321 e. The highest BCUT2D eigenvalue weighted by molar-refractivity contribution is 5.74. The molecule has 0 aromatic carbocycles. The Kier molecular flexibility index (Phi) is 3.23. The van der Waals surface area contributed by atoms with Gasteiger partial charge in [-0.1, -0.05) is 0 Å². The third kappa shape index (κ3) is 2.48. The van der Waals surface area contributed by atoms with Crippen LogP contribution in [-0.2, 0) is 9.53 Å². The van der Waals surface area contributed by atoms with E-state index < -0.39 is 5.97 Å². The average Bonchev–Trinajstić information content (AvgIpc) is 3.02. The minimum Gasteiger partial charge on any atom is -0.480 e. The van der Waals surface area contributed by atoms with Gasteiger partial charge in [-0.15, -0.1) is 0 Å². The molecule has 0 radical (unpaired) electrons. The van der Waals surface area contributed by atoms with Crippen molar-refractivity contribution in [2.75, 3.05) is 26.3 Å². The number of aliphatic hydroxyl groups is 1. The Morgan fingerprint density at radius 1 is 1.53 bits per heavy atom. The number of morpholine rings is 1. The zero-order chi connectivity index (χ0) is 10.8. The van der Waals surface area contributed by atoms with E-state index in [-0.39, 0.29) is 18.8 Å². The molecule has 2 rings (SSSR count). The molecule has 2 N–H and O–H groups in total. The van der Waals surface area contributed by atoms with Gasteiger partial charge < -0.3 is 14.9 Å². The molecule has 1 saturated heterocycles. The van der Waals surface area contributed by atoms with Crippen LogP contribution in [0.3, 0.4) is 0 Å². The normalized spacial score (nSPS) is 30.1. The van der Waals surface area contributed by atoms with Crippen LogP contribution in [0.5, 0.6) is 0 Å². The van der Waals surface area contributed by atoms with Gasteiger partial charge in [0, 0.05) is 13.1 Å². The van der Waals surface area contributed by atoms with Gasteiger partial charge in [0.2, 0.25) is 0 Å². The van der Waals surface area contributed by atoms with E-state index in [0.717, 1.165) is 12.8 Å². The highest BCUT2D eigenvalue weighted by atomic mass is 16.5. The van der Waals surface area contributed by atoms with Gasteiger partial charge in [-0.2, -0.15) is 0 Å². The summed E-state index contributed by atoms with van der Waals surface area (Å²) >= 11 is 0. The molecular formula is C10H17NO4. The molecule has 86 valence electrons. The summed E-state index contributed by atoms with van der Waals surface area (Å²) in [6.45, 7) is 1.67. The van der Waals surface area contributed by atoms with Gasteiger partial charge in [0.15, 0.2) is 0 Å². The quantitative estimate of drug-likeness (QED) is 0.664. The van der Waals surface area contributed by atoms with Crippen LogP contribution in [0.4, 0.5) is 0 Å². The number of rotatable bonds is 4. The second-order valence-corrected chi connectivity index (χ2v) is 4.29. The first-order valence-electron chi connectivity index (χ1n) is 5.41. The van der Waals surface area contributed by atoms with Crippen molar-refractivity contribution in [2.45, 2.75) is 25.0 Å². The third-order valence-electron chi connectivity index (χ3n) is 3.09. The first kappa shape index (κ1) is 10.9. The molecule has 2 fully saturated rings. The lowest BCUT2D eigenvalue weighted by atomic mass is 10.1. The van der Waals surface area contributed by atoms with Crippen molar-refractivity contribution >= 4 is 5.97 Å². The molecular weight excluding hydrogens is 198 g/mol. The number of hydrogen-bond acceptors (Lipinski definition) is 4. The van der Waals surface area contributed by atoms with Crippen LogP contribution >= 0.6 is 0 Å². The minimum absolute atomic E-state index is 0.0342. The van der Waals surface area contributed by atoms with Crippen molar-refractivity contribution < 1.29 is 19.7 Å². The zero-order valence-electron chi connectivity index (χ0n) is 8.63. The molecule has 5 nitrogen and oxygen atoms in total. The van der Waals surface area contributed by atoms with Crippen LogP contribution in [-0.4, -0.2) is 59.5 Å². The second kappa shape index (κ2) is 4.47. The van der Waals surface area contributed by atoms with Crippen molar-refractivity contribution in [2.24, 2.45) is 5.92 Å². The number of aliphatic carboxylic acids is 1. The summed E-state index contributed by atoms with van der Waals surface area (Å²) in [6.07, 6.45) is 1.80. The summed E-state index contributed by atoms with van der Waals surface area (Å²) in [5, 5.41) is 18.1. The van der Waals surface area contributed by atoms with E-state index in [1.165, 1.54) is 0 Å². The Hall–Kier alpha value is -0.650. The molecule has 2 unspecified atom stereocenters. The van der Waals surface area contributed by atoms with Crippen LogP contribution in [0.25, 0.3) is 0 Å². The number of aliphatic hydroxyl groups excluding tert-OH is 1. The first-order valence-corrected chi connectivity index (χ1v) is 5.41. The van der Waals surface area contributed by atoms with Crippen molar-refractivity contribution in [3.05, 3.63) is 0 Å². The molecule has 0 aromatic heterocycles. The lowest BCUT2D eigenvalue weighted by Crippen LogP contribution is -2.52. The van der Waals surface area contributed by atoms with E-state index in [9.17, 15) is 4.79 Å². The van der Waals surface area contributed by atoms with Crippen molar-refractivity contribution in [1.29, 1.82) is 0 Å². The number of ether oxygens (including phenoxy) is 1. The van der Waals surface area contributed by atoms with Gasteiger partial charge in [0.1, 0.15) is 6.04 Å². The Morgan fingerprint density at radius 3 is 2.80 bits per heavy atom. The second-order valence-electron chi connectivity index (χ2n) is 4.29. The summed E-state index contributed by atoms with van der Waals surface area (Å²) in [5.41, 5.74) is 0. The van der Waals surface area contributed by atoms with Crippen molar-refractivity contribution in [1.82, 2.24) is 4.90 Å². The average molecular weight is 215 g/mol. The van der Waals surface area contributed by atoms with Gasteiger partial charge in [0.25, 0.3) is 0 Å². The number of nitrogens with zero attached hydrogens (tertiary/aromatic N) is 1. The number of carbonyl (C=O) groups is 1. The first-order chi connectivity index (χ1) is 7.22. The van der Waals surface area contributed by atoms with E-state index in [2.05, 4.69) is 0 Å². The highest BCUT2D eigenvalue weighted by Gasteiger charge is 2.41. The number of hydrogen-bond donors (Lipinski definition) is 2. The minimum atomic E-state index is -0.740. The van der Waals surface area contributed by atoms with E-state index in [4.69, 9.17) is 14.9 Å². The fraction of sp³-hybridized carbons (Fsp3) is 0.900. The van der Waals surface area contributed by atoms with Gasteiger partial charge in [-0.05, 0) is 18.8 Å². The molecule has 15 heavy (non-hydrogen) atoms. The standard InChI is InChI=1S/C10H17NO4/c12-6-8-5-11(3-4-15-8)9(10(13)14)7-1-2-7/h7-9,12H,1-6H2,(H,13,14). The smallest absolute Gasteiger partial charge is 0.321 e. The van der Waals surface area contributed by atoms with Gasteiger partial charge in [0.05, 0.1) is 19.3 Å². The van der Waals surface area contributed by atoms with Crippen LogP contribution < -0.4 is 0 Å². The summed E-state index contributed by atoms with van der Waals surface area (Å²) in [6, 6.07) is -0.372. The maximum absolute atomic E-state index is 11.1. The SMILES string of the molecule is O=C(O)C(C1CC1)N1CCOC(CO)C1. The largest absolute Gasteiger partial charge is 0.480 e. The van der Waals surface area contributed by atoms with E-state index in [0.29, 0.717) is 25.6 Å². The zero-order valence-corrected chi connectivity index (χ0v) is 8.63. The molecule has 1 saturated carbocycles. The molecule has 1 aliphatic heterocycles. The lowest BCUT2D eigenvalue weighted by Gasteiger charge is -2.35. The van der Waals surface area contributed by atoms with Crippen LogP contribution in [0.1, 0.15) is 12.8 Å². The van der Waals surface area contributed by atoms with Crippen LogP contribution in [0.2, 0.25) is 0 Å². The molecule has 0 spiro atoms. The summed E-state index contributed by atoms with van der Waals surface area (Å²) in [5.74, 6) is -0.434. The van der Waals surface area contributed by atoms with Crippen molar-refractivity contribution in [3.8, 4) is 0 Å². The predicted molar refractivity (Wildman–Crippen MR) is 52.5 cm³/mol. The predicted octanol–water partition coefficient (Wildman–Crippen LogP) is -0.457. The number of carboxylic acids is 1.